The van der Waals surface area contributed by atoms with Crippen LogP contribution in [0.25, 0.3) is 0 Å². The molecule has 146 valence electrons. The summed E-state index contributed by atoms with van der Waals surface area (Å²) in [6.07, 6.45) is 1.68. The molecule has 0 spiro atoms. The van der Waals surface area contributed by atoms with Gasteiger partial charge in [0.15, 0.2) is 10.9 Å². The summed E-state index contributed by atoms with van der Waals surface area (Å²) < 4.78 is 58.7. The van der Waals surface area contributed by atoms with E-state index in [1.165, 1.54) is 12.3 Å². The van der Waals surface area contributed by atoms with Crippen LogP contribution in [0.4, 0.5) is 13.9 Å². The lowest BCUT2D eigenvalue weighted by molar-refractivity contribution is 0.0996. The quantitative estimate of drug-likeness (QED) is 0.694. The zero-order valence-electron chi connectivity index (χ0n) is 14.2. The molecular weight excluding hydrogens is 412 g/mol. The molecule has 0 fully saturated rings. The Morgan fingerprint density at radius 2 is 2.11 bits per heavy atom. The number of sulfonamides is 1. The van der Waals surface area contributed by atoms with E-state index in [2.05, 4.69) is 10.3 Å². The van der Waals surface area contributed by atoms with E-state index in [-0.39, 0.29) is 18.8 Å². The number of hydrogen-bond acceptors (Lipinski definition) is 6. The number of amides is 1. The standard InChI is InChI=1S/C17H13F2N3O4S2/c18-10-3-4-15(11(19)8-10)28(24,25)22-6-5-12-14(9-22)27-17(20-12)21-16(23)13-2-1-7-26-13/h1-4,7-8H,5-6,9H2,(H,20,21,23). The van der Waals surface area contributed by atoms with E-state index in [0.29, 0.717) is 28.2 Å². The van der Waals surface area contributed by atoms with Gasteiger partial charge < -0.3 is 4.42 Å². The summed E-state index contributed by atoms with van der Waals surface area (Å²) in [7, 11) is -4.13. The van der Waals surface area contributed by atoms with Gasteiger partial charge in [-0.05, 0) is 24.3 Å². The minimum Gasteiger partial charge on any atom is -0.459 e. The molecule has 4 rings (SSSR count). The molecule has 7 nitrogen and oxygen atoms in total. The average Bonchev–Trinajstić information content (AvgIpc) is 3.30. The summed E-state index contributed by atoms with van der Waals surface area (Å²) in [6.45, 7) is 0.0875. The van der Waals surface area contributed by atoms with E-state index in [0.717, 1.165) is 27.8 Å². The monoisotopic (exact) mass is 425 g/mol. The first-order valence-corrected chi connectivity index (χ1v) is 10.4. The molecule has 3 aromatic rings. The predicted octanol–water partition coefficient (Wildman–Crippen LogP) is 3.01. The number of anilines is 1. The van der Waals surface area contributed by atoms with Crippen LogP contribution in [0.1, 0.15) is 21.1 Å². The number of nitrogens with one attached hydrogen (secondary N) is 1. The summed E-state index contributed by atoms with van der Waals surface area (Å²) in [4.78, 5) is 16.4. The number of benzene rings is 1. The van der Waals surface area contributed by atoms with Crippen molar-refractivity contribution in [2.45, 2.75) is 17.9 Å². The second-order valence-electron chi connectivity index (χ2n) is 5.98. The molecule has 1 amide bonds. The van der Waals surface area contributed by atoms with E-state index < -0.39 is 32.5 Å². The molecule has 2 aromatic heterocycles. The molecule has 0 saturated carbocycles. The van der Waals surface area contributed by atoms with Gasteiger partial charge >= 0.3 is 0 Å². The first-order chi connectivity index (χ1) is 13.3. The van der Waals surface area contributed by atoms with Crippen molar-refractivity contribution in [3.63, 3.8) is 0 Å². The Balaban J connectivity index is 1.55. The van der Waals surface area contributed by atoms with E-state index in [4.69, 9.17) is 4.42 Å². The van der Waals surface area contributed by atoms with Crippen LogP contribution in [0.15, 0.2) is 45.9 Å². The van der Waals surface area contributed by atoms with Gasteiger partial charge in [-0.15, -0.1) is 11.3 Å². The Morgan fingerprint density at radius 3 is 2.82 bits per heavy atom. The Labute approximate surface area is 162 Å². The van der Waals surface area contributed by atoms with Gasteiger partial charge in [-0.25, -0.2) is 22.2 Å². The summed E-state index contributed by atoms with van der Waals surface area (Å²) in [5.74, 6) is -2.32. The maximum absolute atomic E-state index is 14.0. The zero-order valence-corrected chi connectivity index (χ0v) is 15.8. The fourth-order valence-electron chi connectivity index (χ4n) is 2.82. The van der Waals surface area contributed by atoms with Crippen molar-refractivity contribution in [1.82, 2.24) is 9.29 Å². The number of nitrogens with zero attached hydrogens (tertiary/aromatic N) is 2. The molecule has 11 heteroatoms. The van der Waals surface area contributed by atoms with Gasteiger partial charge in [0, 0.05) is 23.9 Å². The molecule has 28 heavy (non-hydrogen) atoms. The number of furan rings is 1. The van der Waals surface area contributed by atoms with Crippen LogP contribution < -0.4 is 5.32 Å². The lowest BCUT2D eigenvalue weighted by Gasteiger charge is -2.25. The van der Waals surface area contributed by atoms with Crippen LogP contribution in [0.2, 0.25) is 0 Å². The minimum absolute atomic E-state index is 0.0111. The average molecular weight is 425 g/mol. The van der Waals surface area contributed by atoms with Gasteiger partial charge in [0.05, 0.1) is 18.5 Å². The number of rotatable bonds is 4. The number of carbonyl (C=O) groups is 1. The molecule has 1 aliphatic rings. The third-order valence-corrected chi connectivity index (χ3v) is 7.05. The van der Waals surface area contributed by atoms with E-state index in [1.54, 1.807) is 6.07 Å². The highest BCUT2D eigenvalue weighted by molar-refractivity contribution is 7.89. The van der Waals surface area contributed by atoms with Crippen molar-refractivity contribution < 1.29 is 26.4 Å². The van der Waals surface area contributed by atoms with Crippen molar-refractivity contribution in [3.05, 3.63) is 64.6 Å². The van der Waals surface area contributed by atoms with Crippen LogP contribution in [-0.2, 0) is 23.0 Å². The van der Waals surface area contributed by atoms with Crippen molar-refractivity contribution in [1.29, 1.82) is 0 Å². The third kappa shape index (κ3) is 3.43. The summed E-state index contributed by atoms with van der Waals surface area (Å²) >= 11 is 1.14. The largest absolute Gasteiger partial charge is 0.459 e. The number of carbonyl (C=O) groups excluding carboxylic acids is 1. The lowest BCUT2D eigenvalue weighted by Crippen LogP contribution is -2.36. The second-order valence-corrected chi connectivity index (χ2v) is 8.97. The Hall–Kier alpha value is -2.63. The molecule has 0 aliphatic carbocycles. The van der Waals surface area contributed by atoms with Gasteiger partial charge in [0.1, 0.15) is 16.5 Å². The molecule has 0 bridgehead atoms. The van der Waals surface area contributed by atoms with Crippen molar-refractivity contribution in [3.8, 4) is 0 Å². The molecule has 1 aromatic carbocycles. The highest BCUT2D eigenvalue weighted by Crippen LogP contribution is 2.32. The summed E-state index contributed by atoms with van der Waals surface area (Å²) in [5, 5.41) is 2.93. The minimum atomic E-state index is -4.13. The SMILES string of the molecule is O=C(Nc1nc2c(s1)CN(S(=O)(=O)c1ccc(F)cc1F)CC2)c1ccco1. The molecule has 0 unspecified atom stereocenters. The Morgan fingerprint density at radius 1 is 1.29 bits per heavy atom. The summed E-state index contributed by atoms with van der Waals surface area (Å²) in [5.41, 5.74) is 0.672. The lowest BCUT2D eigenvalue weighted by atomic mass is 10.2. The molecule has 1 aliphatic heterocycles. The van der Waals surface area contributed by atoms with Gasteiger partial charge in [0.25, 0.3) is 5.91 Å². The fourth-order valence-corrected chi connectivity index (χ4v) is 5.38. The number of fused-ring (bicyclic) bond motifs is 1. The first kappa shape index (κ1) is 18.7. The number of aromatic nitrogens is 1. The highest BCUT2D eigenvalue weighted by Gasteiger charge is 2.32. The van der Waals surface area contributed by atoms with Crippen LogP contribution in [0.5, 0.6) is 0 Å². The topological polar surface area (TPSA) is 92.5 Å². The van der Waals surface area contributed by atoms with Gasteiger partial charge in [-0.3, -0.25) is 10.1 Å². The zero-order chi connectivity index (χ0) is 19.9. The smallest absolute Gasteiger partial charge is 0.293 e. The maximum atomic E-state index is 14.0. The van der Waals surface area contributed by atoms with Crippen LogP contribution in [0.3, 0.4) is 0 Å². The predicted molar refractivity (Wildman–Crippen MR) is 96.4 cm³/mol. The number of thiazole rings is 1. The van der Waals surface area contributed by atoms with Crippen LogP contribution in [-0.4, -0.2) is 30.2 Å². The van der Waals surface area contributed by atoms with E-state index >= 15 is 0 Å². The normalized spacial score (nSPS) is 14.6. The number of halogens is 2. The molecule has 0 saturated heterocycles. The number of hydrogen-bond donors (Lipinski definition) is 1. The Kier molecular flexibility index (Phi) is 4.73. The van der Waals surface area contributed by atoms with E-state index in [1.807, 2.05) is 0 Å². The van der Waals surface area contributed by atoms with Crippen LogP contribution in [0, 0.1) is 11.6 Å². The highest BCUT2D eigenvalue weighted by atomic mass is 32.2. The fraction of sp³-hybridized carbons (Fsp3) is 0.176. The molecule has 3 heterocycles. The molecular formula is C17H13F2N3O4S2. The van der Waals surface area contributed by atoms with Gasteiger partial charge in [-0.2, -0.15) is 4.31 Å². The second kappa shape index (κ2) is 7.08. The van der Waals surface area contributed by atoms with Crippen LogP contribution >= 0.6 is 11.3 Å². The van der Waals surface area contributed by atoms with Crippen molar-refractivity contribution in [2.75, 3.05) is 11.9 Å². The molecule has 1 N–H and O–H groups in total. The molecule has 0 atom stereocenters. The van der Waals surface area contributed by atoms with Crippen molar-refractivity contribution >= 4 is 32.4 Å². The van der Waals surface area contributed by atoms with Gasteiger partial charge in [0.2, 0.25) is 10.0 Å². The summed E-state index contributed by atoms with van der Waals surface area (Å²) in [6, 6.07) is 5.45. The van der Waals surface area contributed by atoms with Gasteiger partial charge in [-0.1, -0.05) is 0 Å². The Bertz CT molecular complexity index is 1140. The third-order valence-electron chi connectivity index (χ3n) is 4.17. The molecule has 0 radical (unpaired) electrons. The van der Waals surface area contributed by atoms with E-state index in [9.17, 15) is 22.0 Å². The first-order valence-electron chi connectivity index (χ1n) is 8.13. The van der Waals surface area contributed by atoms with Crippen molar-refractivity contribution in [2.24, 2.45) is 0 Å². The maximum Gasteiger partial charge on any atom is 0.293 e.